The normalized spacial score (nSPS) is 17.3. The predicted molar refractivity (Wildman–Crippen MR) is 80.6 cm³/mol. The van der Waals surface area contributed by atoms with Crippen molar-refractivity contribution >= 4 is 5.91 Å². The molecule has 3 N–H and O–H groups in total. The molecule has 7 heteroatoms. The summed E-state index contributed by atoms with van der Waals surface area (Å²) in [6.07, 6.45) is 1.53. The molecule has 118 valence electrons. The van der Waals surface area contributed by atoms with Crippen molar-refractivity contribution in [3.8, 4) is 0 Å². The van der Waals surface area contributed by atoms with Crippen molar-refractivity contribution in [3.63, 3.8) is 0 Å². The monoisotopic (exact) mass is 295 g/mol. The molecule has 1 aromatic heterocycles. The first-order chi connectivity index (χ1) is 10.1. The summed E-state index contributed by atoms with van der Waals surface area (Å²) in [7, 11) is 4.19. The second kappa shape index (κ2) is 7.56. The number of rotatable bonds is 6. The first-order valence-electron chi connectivity index (χ1n) is 7.27. The molecule has 0 saturated carbocycles. The van der Waals surface area contributed by atoms with Crippen LogP contribution in [0.25, 0.3) is 0 Å². The summed E-state index contributed by atoms with van der Waals surface area (Å²) in [6.45, 7) is 6.90. The third-order valence-corrected chi connectivity index (χ3v) is 3.82. The van der Waals surface area contributed by atoms with Crippen LogP contribution in [0.5, 0.6) is 0 Å². The first kappa shape index (κ1) is 16.0. The summed E-state index contributed by atoms with van der Waals surface area (Å²) in [6, 6.07) is 1.66. The summed E-state index contributed by atoms with van der Waals surface area (Å²) in [4.78, 5) is 18.6. The van der Waals surface area contributed by atoms with Gasteiger partial charge in [-0.15, -0.1) is 0 Å². The molecule has 0 aromatic carbocycles. The molecule has 1 fully saturated rings. The van der Waals surface area contributed by atoms with E-state index in [0.29, 0.717) is 17.9 Å². The van der Waals surface area contributed by atoms with Crippen LogP contribution in [0.4, 0.5) is 0 Å². The van der Waals surface area contributed by atoms with E-state index in [9.17, 15) is 4.79 Å². The van der Waals surface area contributed by atoms with Gasteiger partial charge in [0.2, 0.25) is 0 Å². The predicted octanol–water partition coefficient (Wildman–Crippen LogP) is -0.438. The molecule has 0 unspecified atom stereocenters. The van der Waals surface area contributed by atoms with Crippen molar-refractivity contribution < 1.29 is 9.21 Å². The molecule has 0 radical (unpaired) electrons. The average Bonchev–Trinajstić information content (AvgIpc) is 2.94. The van der Waals surface area contributed by atoms with Crippen LogP contribution in [-0.2, 0) is 6.54 Å². The lowest BCUT2D eigenvalue weighted by atomic mass is 10.2. The zero-order valence-corrected chi connectivity index (χ0v) is 12.8. The Hall–Kier alpha value is -1.41. The highest BCUT2D eigenvalue weighted by molar-refractivity contribution is 5.94. The van der Waals surface area contributed by atoms with Gasteiger partial charge >= 0.3 is 0 Å². The molecule has 2 rings (SSSR count). The maximum atomic E-state index is 11.6. The third kappa shape index (κ3) is 4.53. The lowest BCUT2D eigenvalue weighted by Crippen LogP contribution is -2.47. The first-order valence-corrected chi connectivity index (χ1v) is 7.27. The smallest absolute Gasteiger partial charge is 0.268 e. The quantitative estimate of drug-likeness (QED) is 0.421. The van der Waals surface area contributed by atoms with Crippen LogP contribution in [0, 0.1) is 0 Å². The molecule has 1 saturated heterocycles. The highest BCUT2D eigenvalue weighted by atomic mass is 16.3. The number of hydrogen-bond acceptors (Lipinski definition) is 6. The van der Waals surface area contributed by atoms with Crippen molar-refractivity contribution in [2.75, 3.05) is 53.4 Å². The standard InChI is InChI=1S/C14H25N5O2/c1-17(2)4-5-18-6-8-19(9-7-18)11-13-12(3-10-21-13)14(20)16-15/h3,10H,4-9,11,15H2,1-2H3,(H,16,20). The second-order valence-electron chi connectivity index (χ2n) is 5.65. The Morgan fingerprint density at radius 3 is 2.62 bits per heavy atom. The van der Waals surface area contributed by atoms with Gasteiger partial charge in [-0.25, -0.2) is 5.84 Å². The number of nitrogens with zero attached hydrogens (tertiary/aromatic N) is 3. The Morgan fingerprint density at radius 2 is 2.00 bits per heavy atom. The number of furan rings is 1. The van der Waals surface area contributed by atoms with Gasteiger partial charge in [0.25, 0.3) is 5.91 Å². The molecule has 1 aliphatic rings. The number of nitrogen functional groups attached to an aromatic ring is 1. The topological polar surface area (TPSA) is 78.0 Å². The summed E-state index contributed by atoms with van der Waals surface area (Å²) in [5, 5.41) is 0. The Morgan fingerprint density at radius 1 is 1.33 bits per heavy atom. The molecular formula is C14H25N5O2. The zero-order chi connectivity index (χ0) is 15.2. The van der Waals surface area contributed by atoms with Gasteiger partial charge in [0.05, 0.1) is 18.4 Å². The molecule has 7 nitrogen and oxygen atoms in total. The Balaban J connectivity index is 1.81. The highest BCUT2D eigenvalue weighted by Gasteiger charge is 2.20. The number of amides is 1. The highest BCUT2D eigenvalue weighted by Crippen LogP contribution is 2.14. The fraction of sp³-hybridized carbons (Fsp3) is 0.643. The van der Waals surface area contributed by atoms with E-state index in [1.807, 2.05) is 0 Å². The zero-order valence-electron chi connectivity index (χ0n) is 12.8. The number of nitrogens with one attached hydrogen (secondary N) is 1. The molecule has 21 heavy (non-hydrogen) atoms. The molecule has 1 aromatic rings. The lowest BCUT2D eigenvalue weighted by molar-refractivity contribution is 0.0943. The largest absolute Gasteiger partial charge is 0.467 e. The van der Waals surface area contributed by atoms with Gasteiger partial charge < -0.3 is 9.32 Å². The maximum absolute atomic E-state index is 11.6. The van der Waals surface area contributed by atoms with Gasteiger partial charge in [-0.1, -0.05) is 0 Å². The number of hydrazine groups is 1. The molecule has 0 aliphatic carbocycles. The van der Waals surface area contributed by atoms with Crippen LogP contribution in [0.2, 0.25) is 0 Å². The summed E-state index contributed by atoms with van der Waals surface area (Å²) < 4.78 is 5.42. The van der Waals surface area contributed by atoms with Crippen LogP contribution in [0.15, 0.2) is 16.7 Å². The van der Waals surface area contributed by atoms with E-state index in [1.165, 1.54) is 6.26 Å². The molecular weight excluding hydrogens is 270 g/mol. The van der Waals surface area contributed by atoms with Crippen LogP contribution >= 0.6 is 0 Å². The van der Waals surface area contributed by atoms with E-state index in [-0.39, 0.29) is 5.91 Å². The van der Waals surface area contributed by atoms with Crippen LogP contribution in [0.1, 0.15) is 16.1 Å². The number of hydrogen-bond donors (Lipinski definition) is 2. The maximum Gasteiger partial charge on any atom is 0.268 e. The number of nitrogens with two attached hydrogens (primary N) is 1. The summed E-state index contributed by atoms with van der Waals surface area (Å²) >= 11 is 0. The molecule has 1 aliphatic heterocycles. The summed E-state index contributed by atoms with van der Waals surface area (Å²) in [5.41, 5.74) is 2.67. The number of carbonyl (C=O) groups is 1. The van der Waals surface area contributed by atoms with E-state index in [1.54, 1.807) is 6.07 Å². The lowest BCUT2D eigenvalue weighted by Gasteiger charge is -2.34. The van der Waals surface area contributed by atoms with E-state index >= 15 is 0 Å². The van der Waals surface area contributed by atoms with Gasteiger partial charge in [-0.2, -0.15) is 0 Å². The van der Waals surface area contributed by atoms with Gasteiger partial charge in [0.1, 0.15) is 5.76 Å². The SMILES string of the molecule is CN(C)CCN1CCN(Cc2occc2C(=O)NN)CC1. The molecule has 0 bridgehead atoms. The Bertz CT molecular complexity index is 452. The number of carbonyl (C=O) groups excluding carboxylic acids is 1. The molecule has 0 spiro atoms. The van der Waals surface area contributed by atoms with Crippen molar-refractivity contribution in [3.05, 3.63) is 23.7 Å². The fourth-order valence-electron chi connectivity index (χ4n) is 2.46. The van der Waals surface area contributed by atoms with Gasteiger partial charge in [-0.05, 0) is 20.2 Å². The molecule has 2 heterocycles. The number of piperazine rings is 1. The Labute approximate surface area is 125 Å². The molecule has 0 atom stereocenters. The van der Waals surface area contributed by atoms with Crippen molar-refractivity contribution in [1.82, 2.24) is 20.1 Å². The van der Waals surface area contributed by atoms with Gasteiger partial charge in [-0.3, -0.25) is 20.0 Å². The van der Waals surface area contributed by atoms with E-state index in [2.05, 4.69) is 34.2 Å². The average molecular weight is 295 g/mol. The second-order valence-corrected chi connectivity index (χ2v) is 5.65. The minimum absolute atomic E-state index is 0.302. The summed E-state index contributed by atoms with van der Waals surface area (Å²) in [5.74, 6) is 5.55. The van der Waals surface area contributed by atoms with E-state index in [4.69, 9.17) is 10.3 Å². The van der Waals surface area contributed by atoms with Crippen LogP contribution in [-0.4, -0.2) is 74.0 Å². The minimum Gasteiger partial charge on any atom is -0.467 e. The van der Waals surface area contributed by atoms with Crippen LogP contribution in [0.3, 0.4) is 0 Å². The Kier molecular flexibility index (Phi) is 5.75. The fourth-order valence-corrected chi connectivity index (χ4v) is 2.46. The minimum atomic E-state index is -0.302. The van der Waals surface area contributed by atoms with Gasteiger partial charge in [0.15, 0.2) is 0 Å². The van der Waals surface area contributed by atoms with Crippen molar-refractivity contribution in [2.24, 2.45) is 5.84 Å². The van der Waals surface area contributed by atoms with Gasteiger partial charge in [0, 0.05) is 39.3 Å². The van der Waals surface area contributed by atoms with Crippen LogP contribution < -0.4 is 11.3 Å². The van der Waals surface area contributed by atoms with E-state index < -0.39 is 0 Å². The molecule has 1 amide bonds. The van der Waals surface area contributed by atoms with Crippen molar-refractivity contribution in [1.29, 1.82) is 0 Å². The van der Waals surface area contributed by atoms with E-state index in [0.717, 1.165) is 39.3 Å². The van der Waals surface area contributed by atoms with Crippen molar-refractivity contribution in [2.45, 2.75) is 6.54 Å². The number of likely N-dealkylation sites (N-methyl/N-ethyl adjacent to an activating group) is 1. The third-order valence-electron chi connectivity index (χ3n) is 3.82.